The Morgan fingerprint density at radius 3 is 2.52 bits per heavy atom. The second kappa shape index (κ2) is 9.01. The monoisotopic (exact) mass is 389 g/mol. The van der Waals surface area contributed by atoms with Gasteiger partial charge in [-0.2, -0.15) is 0 Å². The maximum absolute atomic E-state index is 12.6. The van der Waals surface area contributed by atoms with Crippen molar-refractivity contribution in [2.24, 2.45) is 0 Å². The highest BCUT2D eigenvalue weighted by Gasteiger charge is 2.14. The van der Waals surface area contributed by atoms with Crippen LogP contribution in [-0.2, 0) is 11.2 Å². The predicted octanol–water partition coefficient (Wildman–Crippen LogP) is 4.73. The average Bonchev–Trinajstić information content (AvgIpc) is 2.75. The van der Waals surface area contributed by atoms with Gasteiger partial charge in [-0.3, -0.25) is 4.79 Å². The summed E-state index contributed by atoms with van der Waals surface area (Å²) in [5, 5.41) is 6.07. The van der Waals surface area contributed by atoms with Crippen molar-refractivity contribution in [3.05, 3.63) is 83.0 Å². The summed E-state index contributed by atoms with van der Waals surface area (Å²) in [5.41, 5.74) is 4.43. The molecule has 29 heavy (non-hydrogen) atoms. The molecule has 2 aromatic carbocycles. The summed E-state index contributed by atoms with van der Waals surface area (Å²) in [6.45, 7) is 4.15. The number of para-hydroxylation sites is 2. The number of amides is 1. The minimum atomic E-state index is -0.511. The number of nitrogens with one attached hydrogen (secondary N) is 2. The van der Waals surface area contributed by atoms with Gasteiger partial charge in [-0.05, 0) is 48.7 Å². The van der Waals surface area contributed by atoms with E-state index in [0.29, 0.717) is 22.6 Å². The second-order valence-corrected chi connectivity index (χ2v) is 6.51. The largest absolute Gasteiger partial charge is 0.465 e. The molecular formula is C23H23N3O3. The topological polar surface area (TPSA) is 80.3 Å². The maximum Gasteiger partial charge on any atom is 0.339 e. The molecule has 0 aliphatic carbocycles. The van der Waals surface area contributed by atoms with Gasteiger partial charge in [0.1, 0.15) is 5.82 Å². The molecular weight excluding hydrogens is 366 g/mol. The third-order valence-electron chi connectivity index (χ3n) is 4.60. The Balaban J connectivity index is 1.76. The Kier molecular flexibility index (Phi) is 6.24. The number of aromatic nitrogens is 1. The molecule has 0 aliphatic rings. The fourth-order valence-corrected chi connectivity index (χ4v) is 3.01. The smallest absolute Gasteiger partial charge is 0.339 e. The van der Waals surface area contributed by atoms with Gasteiger partial charge in [0.15, 0.2) is 0 Å². The number of anilines is 3. The van der Waals surface area contributed by atoms with Gasteiger partial charge < -0.3 is 15.4 Å². The van der Waals surface area contributed by atoms with E-state index in [1.54, 1.807) is 36.4 Å². The number of methoxy groups -OCH3 is 1. The summed E-state index contributed by atoms with van der Waals surface area (Å²) in [6, 6.07) is 16.3. The van der Waals surface area contributed by atoms with Crippen LogP contribution in [0.2, 0.25) is 0 Å². The summed E-state index contributed by atoms with van der Waals surface area (Å²) in [4.78, 5) is 28.8. The van der Waals surface area contributed by atoms with Gasteiger partial charge in [-0.1, -0.05) is 37.3 Å². The van der Waals surface area contributed by atoms with Crippen molar-refractivity contribution in [1.29, 1.82) is 0 Å². The van der Waals surface area contributed by atoms with Crippen LogP contribution in [0.5, 0.6) is 0 Å². The number of aryl methyl sites for hydroxylation is 2. The minimum absolute atomic E-state index is 0.293. The first-order chi connectivity index (χ1) is 14.0. The van der Waals surface area contributed by atoms with E-state index in [4.69, 9.17) is 4.74 Å². The van der Waals surface area contributed by atoms with Crippen LogP contribution in [0.25, 0.3) is 0 Å². The quantitative estimate of drug-likeness (QED) is 0.596. The molecule has 0 fully saturated rings. The SMILES string of the molecule is CCc1cccc(C)c1Nc1ccc(C(=O)Nc2ccccc2C(=O)OC)cn1. The zero-order valence-electron chi connectivity index (χ0n) is 16.7. The van der Waals surface area contributed by atoms with Crippen LogP contribution in [0.1, 0.15) is 38.8 Å². The molecule has 0 unspecified atom stereocenters. The van der Waals surface area contributed by atoms with E-state index in [2.05, 4.69) is 28.6 Å². The molecule has 0 saturated carbocycles. The summed E-state index contributed by atoms with van der Waals surface area (Å²) in [5.74, 6) is -0.213. The maximum atomic E-state index is 12.6. The molecule has 0 saturated heterocycles. The van der Waals surface area contributed by atoms with Crippen LogP contribution >= 0.6 is 0 Å². The molecule has 0 radical (unpaired) electrons. The van der Waals surface area contributed by atoms with Gasteiger partial charge in [0, 0.05) is 11.9 Å². The molecule has 148 valence electrons. The van der Waals surface area contributed by atoms with Crippen molar-refractivity contribution < 1.29 is 14.3 Å². The Morgan fingerprint density at radius 2 is 1.83 bits per heavy atom. The first-order valence-corrected chi connectivity index (χ1v) is 9.33. The van der Waals surface area contributed by atoms with Gasteiger partial charge in [-0.25, -0.2) is 9.78 Å². The van der Waals surface area contributed by atoms with E-state index in [0.717, 1.165) is 17.7 Å². The highest BCUT2D eigenvalue weighted by Crippen LogP contribution is 2.24. The van der Waals surface area contributed by atoms with Crippen LogP contribution in [0, 0.1) is 6.92 Å². The molecule has 3 aromatic rings. The summed E-state index contributed by atoms with van der Waals surface area (Å²) in [7, 11) is 1.30. The van der Waals surface area contributed by atoms with E-state index in [-0.39, 0.29) is 5.91 Å². The molecule has 3 rings (SSSR count). The number of hydrogen-bond donors (Lipinski definition) is 2. The van der Waals surface area contributed by atoms with E-state index >= 15 is 0 Å². The number of nitrogens with zero attached hydrogens (tertiary/aromatic N) is 1. The normalized spacial score (nSPS) is 10.3. The first kappa shape index (κ1) is 20.1. The van der Waals surface area contributed by atoms with Crippen LogP contribution in [-0.4, -0.2) is 24.0 Å². The van der Waals surface area contributed by atoms with E-state index in [1.165, 1.54) is 18.9 Å². The lowest BCUT2D eigenvalue weighted by Crippen LogP contribution is -2.15. The fraction of sp³-hybridized carbons (Fsp3) is 0.174. The summed E-state index contributed by atoms with van der Waals surface area (Å²) in [6.07, 6.45) is 2.41. The van der Waals surface area contributed by atoms with E-state index < -0.39 is 5.97 Å². The van der Waals surface area contributed by atoms with Crippen molar-refractivity contribution >= 4 is 29.1 Å². The van der Waals surface area contributed by atoms with Gasteiger partial charge in [-0.15, -0.1) is 0 Å². The number of hydrogen-bond acceptors (Lipinski definition) is 5. The summed E-state index contributed by atoms with van der Waals surface area (Å²) >= 11 is 0. The lowest BCUT2D eigenvalue weighted by atomic mass is 10.1. The van der Waals surface area contributed by atoms with Crippen molar-refractivity contribution in [3.8, 4) is 0 Å². The number of rotatable bonds is 6. The zero-order chi connectivity index (χ0) is 20.8. The predicted molar refractivity (Wildman–Crippen MR) is 114 cm³/mol. The van der Waals surface area contributed by atoms with Crippen LogP contribution in [0.15, 0.2) is 60.8 Å². The minimum Gasteiger partial charge on any atom is -0.465 e. The van der Waals surface area contributed by atoms with Crippen LogP contribution < -0.4 is 10.6 Å². The molecule has 6 nitrogen and oxygen atoms in total. The lowest BCUT2D eigenvalue weighted by molar-refractivity contribution is 0.0602. The van der Waals surface area contributed by atoms with Crippen LogP contribution in [0.4, 0.5) is 17.2 Å². The zero-order valence-corrected chi connectivity index (χ0v) is 16.7. The van der Waals surface area contributed by atoms with Crippen molar-refractivity contribution in [3.63, 3.8) is 0 Å². The first-order valence-electron chi connectivity index (χ1n) is 9.33. The highest BCUT2D eigenvalue weighted by atomic mass is 16.5. The fourth-order valence-electron chi connectivity index (χ4n) is 3.01. The van der Waals surface area contributed by atoms with Crippen molar-refractivity contribution in [1.82, 2.24) is 4.98 Å². The third-order valence-corrected chi connectivity index (χ3v) is 4.60. The molecule has 2 N–H and O–H groups in total. The molecule has 0 aliphatic heterocycles. The number of carbonyl (C=O) groups excluding carboxylic acids is 2. The molecule has 1 aromatic heterocycles. The summed E-state index contributed by atoms with van der Waals surface area (Å²) < 4.78 is 4.75. The van der Waals surface area contributed by atoms with Gasteiger partial charge in [0.2, 0.25) is 0 Å². The Hall–Kier alpha value is -3.67. The van der Waals surface area contributed by atoms with Gasteiger partial charge in [0.05, 0.1) is 23.9 Å². The number of pyridine rings is 1. The molecule has 6 heteroatoms. The number of ether oxygens (including phenoxy) is 1. The molecule has 0 bridgehead atoms. The lowest BCUT2D eigenvalue weighted by Gasteiger charge is -2.14. The standard InChI is InChI=1S/C23H23N3O3/c1-4-16-9-7-8-15(2)21(16)26-20-13-12-17(14-24-20)22(27)25-19-11-6-5-10-18(19)23(28)29-3/h5-14H,4H2,1-3H3,(H,24,26)(H,25,27). The van der Waals surface area contributed by atoms with Gasteiger partial charge in [0.25, 0.3) is 5.91 Å². The molecule has 0 spiro atoms. The Morgan fingerprint density at radius 1 is 1.03 bits per heavy atom. The highest BCUT2D eigenvalue weighted by molar-refractivity contribution is 6.07. The number of esters is 1. The van der Waals surface area contributed by atoms with E-state index in [1.807, 2.05) is 19.1 Å². The number of carbonyl (C=O) groups is 2. The molecule has 1 amide bonds. The van der Waals surface area contributed by atoms with Crippen molar-refractivity contribution in [2.45, 2.75) is 20.3 Å². The number of benzene rings is 2. The van der Waals surface area contributed by atoms with Gasteiger partial charge >= 0.3 is 5.97 Å². The molecule has 0 atom stereocenters. The van der Waals surface area contributed by atoms with Crippen LogP contribution in [0.3, 0.4) is 0 Å². The third kappa shape index (κ3) is 4.60. The molecule has 1 heterocycles. The average molecular weight is 389 g/mol. The Labute approximate surface area is 169 Å². The van der Waals surface area contributed by atoms with E-state index in [9.17, 15) is 9.59 Å². The van der Waals surface area contributed by atoms with Crippen molar-refractivity contribution in [2.75, 3.05) is 17.7 Å². The Bertz CT molecular complexity index is 1030. The second-order valence-electron chi connectivity index (χ2n) is 6.51.